The first-order chi connectivity index (χ1) is 11.6. The molecule has 1 aliphatic rings. The van der Waals surface area contributed by atoms with Crippen molar-refractivity contribution < 1.29 is 34.2 Å². The zero-order valence-corrected chi connectivity index (χ0v) is 13.5. The van der Waals surface area contributed by atoms with Gasteiger partial charge in [-0.05, 0) is 19.3 Å². The highest BCUT2D eigenvalue weighted by molar-refractivity contribution is 5.93. The molecule has 0 aromatic carbocycles. The van der Waals surface area contributed by atoms with Crippen molar-refractivity contribution in [3.63, 3.8) is 0 Å². The van der Waals surface area contributed by atoms with Crippen molar-refractivity contribution in [3.05, 3.63) is 0 Å². The van der Waals surface area contributed by atoms with Crippen LogP contribution in [0.5, 0.6) is 0 Å². The molecule has 11 nitrogen and oxygen atoms in total. The standard InChI is InChI=1S/C14H22N4O7/c15-7(6-11(20)21)13(23)18-5-1-2-9(18)12(22)17-8(14(24)25)3-4-10(16)19/h7-9H,1-6,15H2,(H2,16,19)(H,17,22)(H,20,21)(H,24,25). The molecule has 3 unspecified atom stereocenters. The maximum atomic E-state index is 12.3. The van der Waals surface area contributed by atoms with Crippen molar-refractivity contribution in [2.75, 3.05) is 6.54 Å². The number of likely N-dealkylation sites (tertiary alicyclic amines) is 1. The van der Waals surface area contributed by atoms with Crippen molar-refractivity contribution >= 4 is 29.7 Å². The third-order valence-electron chi connectivity index (χ3n) is 3.84. The van der Waals surface area contributed by atoms with Gasteiger partial charge in [-0.25, -0.2) is 4.79 Å². The second kappa shape index (κ2) is 8.97. The summed E-state index contributed by atoms with van der Waals surface area (Å²) in [7, 11) is 0. The van der Waals surface area contributed by atoms with Crippen LogP contribution in [-0.2, 0) is 24.0 Å². The molecule has 1 heterocycles. The number of carboxylic acid groups (broad SMARTS) is 2. The highest BCUT2D eigenvalue weighted by atomic mass is 16.4. The number of carbonyl (C=O) groups is 5. The molecule has 0 radical (unpaired) electrons. The third-order valence-corrected chi connectivity index (χ3v) is 3.84. The number of carbonyl (C=O) groups excluding carboxylic acids is 3. The number of nitrogens with two attached hydrogens (primary N) is 2. The van der Waals surface area contributed by atoms with Gasteiger partial charge in [0.05, 0.1) is 12.5 Å². The van der Waals surface area contributed by atoms with Crippen LogP contribution >= 0.6 is 0 Å². The Morgan fingerprint density at radius 3 is 2.36 bits per heavy atom. The predicted molar refractivity (Wildman–Crippen MR) is 83.0 cm³/mol. The Balaban J connectivity index is 2.74. The molecule has 1 fully saturated rings. The molecule has 7 N–H and O–H groups in total. The Kier molecular flexibility index (Phi) is 7.30. The fourth-order valence-electron chi connectivity index (χ4n) is 2.60. The fourth-order valence-corrected chi connectivity index (χ4v) is 2.60. The number of aliphatic carboxylic acids is 2. The van der Waals surface area contributed by atoms with Gasteiger partial charge in [-0.1, -0.05) is 0 Å². The molecular formula is C14H22N4O7. The molecule has 3 atom stereocenters. The van der Waals surface area contributed by atoms with E-state index < -0.39 is 54.2 Å². The summed E-state index contributed by atoms with van der Waals surface area (Å²) in [5, 5.41) is 20.1. The Hall–Kier alpha value is -2.69. The molecule has 0 spiro atoms. The summed E-state index contributed by atoms with van der Waals surface area (Å²) in [6.45, 7) is 0.225. The molecule has 140 valence electrons. The third kappa shape index (κ3) is 6.03. The molecule has 11 heteroatoms. The van der Waals surface area contributed by atoms with E-state index in [0.29, 0.717) is 12.8 Å². The van der Waals surface area contributed by atoms with Gasteiger partial charge < -0.3 is 31.9 Å². The number of nitrogens with zero attached hydrogens (tertiary/aromatic N) is 1. The van der Waals surface area contributed by atoms with E-state index in [4.69, 9.17) is 21.7 Å². The minimum absolute atomic E-state index is 0.171. The van der Waals surface area contributed by atoms with E-state index >= 15 is 0 Å². The summed E-state index contributed by atoms with van der Waals surface area (Å²) in [5.41, 5.74) is 10.5. The van der Waals surface area contributed by atoms with Crippen molar-refractivity contribution in [2.45, 2.75) is 50.2 Å². The van der Waals surface area contributed by atoms with Crippen LogP contribution in [0.2, 0.25) is 0 Å². The van der Waals surface area contributed by atoms with Gasteiger partial charge in [0.25, 0.3) is 0 Å². The summed E-state index contributed by atoms with van der Waals surface area (Å²) in [5.74, 6) is -4.63. The highest BCUT2D eigenvalue weighted by Gasteiger charge is 2.37. The first-order valence-electron chi connectivity index (χ1n) is 7.72. The zero-order chi connectivity index (χ0) is 19.1. The van der Waals surface area contributed by atoms with Gasteiger partial charge in [0, 0.05) is 13.0 Å². The number of primary amides is 1. The summed E-state index contributed by atoms with van der Waals surface area (Å²) >= 11 is 0. The van der Waals surface area contributed by atoms with Gasteiger partial charge in [0.1, 0.15) is 12.1 Å². The number of carboxylic acids is 2. The number of hydrogen-bond acceptors (Lipinski definition) is 6. The second-order valence-electron chi connectivity index (χ2n) is 5.80. The number of nitrogens with one attached hydrogen (secondary N) is 1. The Labute approximate surface area is 143 Å². The topological polar surface area (TPSA) is 193 Å². The van der Waals surface area contributed by atoms with Crippen LogP contribution in [0.4, 0.5) is 0 Å². The van der Waals surface area contributed by atoms with Gasteiger partial charge in [-0.3, -0.25) is 19.2 Å². The average Bonchev–Trinajstić information content (AvgIpc) is 2.98. The monoisotopic (exact) mass is 358 g/mol. The second-order valence-corrected chi connectivity index (χ2v) is 5.80. The number of hydrogen-bond donors (Lipinski definition) is 5. The van der Waals surface area contributed by atoms with Crippen molar-refractivity contribution in [1.29, 1.82) is 0 Å². The molecule has 1 rings (SSSR count). The van der Waals surface area contributed by atoms with E-state index in [9.17, 15) is 24.0 Å². The van der Waals surface area contributed by atoms with Crippen molar-refractivity contribution in [3.8, 4) is 0 Å². The first-order valence-corrected chi connectivity index (χ1v) is 7.72. The largest absolute Gasteiger partial charge is 0.481 e. The predicted octanol–water partition coefficient (Wildman–Crippen LogP) is -2.39. The van der Waals surface area contributed by atoms with E-state index in [1.54, 1.807) is 0 Å². The van der Waals surface area contributed by atoms with E-state index in [0.717, 1.165) is 4.90 Å². The summed E-state index contributed by atoms with van der Waals surface area (Å²) in [4.78, 5) is 58.3. The molecular weight excluding hydrogens is 336 g/mol. The molecule has 25 heavy (non-hydrogen) atoms. The molecule has 1 saturated heterocycles. The summed E-state index contributed by atoms with van der Waals surface area (Å²) in [6.07, 6.45) is -0.147. The molecule has 0 aromatic heterocycles. The number of rotatable bonds is 9. The van der Waals surface area contributed by atoms with Gasteiger partial charge in [0.15, 0.2) is 0 Å². The van der Waals surface area contributed by atoms with Crippen molar-refractivity contribution in [2.24, 2.45) is 11.5 Å². The minimum atomic E-state index is -1.33. The van der Waals surface area contributed by atoms with Crippen molar-refractivity contribution in [1.82, 2.24) is 10.2 Å². The maximum absolute atomic E-state index is 12.3. The molecule has 1 aliphatic heterocycles. The highest BCUT2D eigenvalue weighted by Crippen LogP contribution is 2.19. The van der Waals surface area contributed by atoms with E-state index in [1.807, 2.05) is 0 Å². The lowest BCUT2D eigenvalue weighted by Gasteiger charge is -2.27. The van der Waals surface area contributed by atoms with Crippen LogP contribution in [0.25, 0.3) is 0 Å². The molecule has 3 amide bonds. The van der Waals surface area contributed by atoms with Gasteiger partial charge >= 0.3 is 11.9 Å². The number of amides is 3. The van der Waals surface area contributed by atoms with Gasteiger partial charge in [0.2, 0.25) is 17.7 Å². The SMILES string of the molecule is NC(=O)CCC(NC(=O)C1CCCN1C(=O)C(N)CC(=O)O)C(=O)O. The first kappa shape index (κ1) is 20.4. The minimum Gasteiger partial charge on any atom is -0.481 e. The van der Waals surface area contributed by atoms with E-state index in [-0.39, 0.29) is 19.4 Å². The normalized spacial score (nSPS) is 19.1. The lowest BCUT2D eigenvalue weighted by Crippen LogP contribution is -2.54. The molecule has 0 bridgehead atoms. The van der Waals surface area contributed by atoms with Crippen LogP contribution in [0.15, 0.2) is 0 Å². The van der Waals surface area contributed by atoms with Gasteiger partial charge in [-0.15, -0.1) is 0 Å². The fraction of sp³-hybridized carbons (Fsp3) is 0.643. The average molecular weight is 358 g/mol. The van der Waals surface area contributed by atoms with Crippen LogP contribution < -0.4 is 16.8 Å². The van der Waals surface area contributed by atoms with E-state index in [2.05, 4.69) is 5.32 Å². The summed E-state index contributed by atoms with van der Waals surface area (Å²) < 4.78 is 0. The van der Waals surface area contributed by atoms with Crippen LogP contribution in [0.3, 0.4) is 0 Å². The van der Waals surface area contributed by atoms with E-state index in [1.165, 1.54) is 0 Å². The molecule has 0 saturated carbocycles. The molecule has 0 aliphatic carbocycles. The van der Waals surface area contributed by atoms with Gasteiger partial charge in [-0.2, -0.15) is 0 Å². The maximum Gasteiger partial charge on any atom is 0.326 e. The lowest BCUT2D eigenvalue weighted by atomic mass is 10.1. The Morgan fingerprint density at radius 1 is 1.20 bits per heavy atom. The zero-order valence-electron chi connectivity index (χ0n) is 13.5. The molecule has 0 aromatic rings. The quantitative estimate of drug-likeness (QED) is 0.301. The van der Waals surface area contributed by atoms with Crippen LogP contribution in [0.1, 0.15) is 32.1 Å². The smallest absolute Gasteiger partial charge is 0.326 e. The van der Waals surface area contributed by atoms with Crippen LogP contribution in [-0.4, -0.2) is 69.4 Å². The lowest BCUT2D eigenvalue weighted by molar-refractivity contribution is -0.146. The van der Waals surface area contributed by atoms with Crippen LogP contribution in [0, 0.1) is 0 Å². The summed E-state index contributed by atoms with van der Waals surface area (Å²) in [6, 6.07) is -3.52. The Bertz CT molecular complexity index is 565. The Morgan fingerprint density at radius 2 is 1.84 bits per heavy atom.